The van der Waals surface area contributed by atoms with E-state index in [1.54, 1.807) is 28.8 Å². The summed E-state index contributed by atoms with van der Waals surface area (Å²) in [4.78, 5) is 25.3. The molecule has 0 aliphatic carbocycles. The molecule has 0 bridgehead atoms. The van der Waals surface area contributed by atoms with Crippen LogP contribution >= 0.6 is 11.8 Å². The van der Waals surface area contributed by atoms with Crippen molar-refractivity contribution in [3.63, 3.8) is 0 Å². The van der Waals surface area contributed by atoms with E-state index in [0.717, 1.165) is 31.7 Å². The minimum Gasteiger partial charge on any atom is -0.452 e. The molecule has 0 N–H and O–H groups in total. The lowest BCUT2D eigenvalue weighted by Crippen LogP contribution is -2.32. The van der Waals surface area contributed by atoms with E-state index in [-0.39, 0.29) is 12.5 Å². The number of benzene rings is 1. The Labute approximate surface area is 123 Å². The first kappa shape index (κ1) is 14.9. The van der Waals surface area contributed by atoms with E-state index in [2.05, 4.69) is 0 Å². The largest absolute Gasteiger partial charge is 0.452 e. The average molecular weight is 293 g/mol. The smallest absolute Gasteiger partial charge is 0.338 e. The topological polar surface area (TPSA) is 46.6 Å². The lowest BCUT2D eigenvalue weighted by Gasteiger charge is -2.14. The second-order valence-corrected chi connectivity index (χ2v) is 5.66. The predicted octanol–water partition coefficient (Wildman–Crippen LogP) is 2.33. The molecule has 0 unspecified atom stereocenters. The van der Waals surface area contributed by atoms with Crippen LogP contribution in [-0.2, 0) is 15.3 Å². The van der Waals surface area contributed by atoms with E-state index in [9.17, 15) is 9.59 Å². The Balaban J connectivity index is 1.83. The number of esters is 1. The first-order valence-corrected chi connectivity index (χ1v) is 8.13. The van der Waals surface area contributed by atoms with Crippen molar-refractivity contribution < 1.29 is 14.3 Å². The summed E-state index contributed by atoms with van der Waals surface area (Å²) in [6, 6.07) is 7.31. The van der Waals surface area contributed by atoms with E-state index in [1.165, 1.54) is 5.56 Å². The minimum absolute atomic E-state index is 0.102. The van der Waals surface area contributed by atoms with Gasteiger partial charge in [-0.3, -0.25) is 4.79 Å². The highest BCUT2D eigenvalue weighted by Gasteiger charge is 2.19. The van der Waals surface area contributed by atoms with Crippen molar-refractivity contribution in [2.75, 3.05) is 26.0 Å². The van der Waals surface area contributed by atoms with Gasteiger partial charge in [0.25, 0.3) is 5.91 Å². The van der Waals surface area contributed by atoms with Gasteiger partial charge in [-0.15, -0.1) is 0 Å². The number of carbonyl (C=O) groups excluding carboxylic acids is 2. The van der Waals surface area contributed by atoms with Gasteiger partial charge >= 0.3 is 5.97 Å². The monoisotopic (exact) mass is 293 g/mol. The summed E-state index contributed by atoms with van der Waals surface area (Å²) in [5.41, 5.74) is 1.66. The van der Waals surface area contributed by atoms with Crippen molar-refractivity contribution in [2.45, 2.75) is 18.6 Å². The summed E-state index contributed by atoms with van der Waals surface area (Å²) in [5, 5.41) is 0. The Morgan fingerprint density at radius 3 is 2.45 bits per heavy atom. The molecule has 1 heterocycles. The van der Waals surface area contributed by atoms with Gasteiger partial charge in [-0.1, -0.05) is 12.1 Å². The summed E-state index contributed by atoms with van der Waals surface area (Å²) in [6.07, 6.45) is 4.11. The van der Waals surface area contributed by atoms with Crippen LogP contribution in [0.15, 0.2) is 24.3 Å². The van der Waals surface area contributed by atoms with Crippen LogP contribution in [0.3, 0.4) is 0 Å². The third kappa shape index (κ3) is 4.00. The molecule has 0 saturated carbocycles. The summed E-state index contributed by atoms with van der Waals surface area (Å²) < 4.78 is 5.07. The lowest BCUT2D eigenvalue weighted by molar-refractivity contribution is -0.133. The molecule has 2 rings (SSSR count). The molecule has 108 valence electrons. The van der Waals surface area contributed by atoms with Crippen molar-refractivity contribution in [3.05, 3.63) is 35.4 Å². The Kier molecular flexibility index (Phi) is 5.47. The van der Waals surface area contributed by atoms with Gasteiger partial charge in [-0.05, 0) is 36.8 Å². The molecular formula is C15H19NO3S. The van der Waals surface area contributed by atoms with Crippen LogP contribution in [0.25, 0.3) is 0 Å². The quantitative estimate of drug-likeness (QED) is 0.782. The van der Waals surface area contributed by atoms with E-state index < -0.39 is 5.97 Å². The van der Waals surface area contributed by atoms with Gasteiger partial charge in [-0.25, -0.2) is 4.79 Å². The first-order valence-electron chi connectivity index (χ1n) is 6.73. The highest BCUT2D eigenvalue weighted by atomic mass is 32.2. The molecule has 1 aromatic rings. The first-order chi connectivity index (χ1) is 9.70. The number of carbonyl (C=O) groups is 2. The van der Waals surface area contributed by atoms with Gasteiger partial charge in [0.1, 0.15) is 0 Å². The van der Waals surface area contributed by atoms with E-state index in [4.69, 9.17) is 4.74 Å². The van der Waals surface area contributed by atoms with Crippen LogP contribution in [0.1, 0.15) is 28.8 Å². The third-order valence-corrected chi connectivity index (χ3v) is 3.91. The maximum absolute atomic E-state index is 11.8. The Hall–Kier alpha value is -1.49. The summed E-state index contributed by atoms with van der Waals surface area (Å²) in [6.45, 7) is 1.39. The Bertz CT molecular complexity index is 467. The third-order valence-electron chi connectivity index (χ3n) is 3.29. The van der Waals surface area contributed by atoms with Crippen molar-refractivity contribution >= 4 is 23.6 Å². The molecule has 0 atom stereocenters. The average Bonchev–Trinajstić information content (AvgIpc) is 3.00. The maximum atomic E-state index is 11.8. The highest BCUT2D eigenvalue weighted by Crippen LogP contribution is 2.12. The second kappa shape index (κ2) is 7.33. The molecule has 20 heavy (non-hydrogen) atoms. The molecule has 1 amide bonds. The summed E-state index contributed by atoms with van der Waals surface area (Å²) in [7, 11) is 0. The predicted molar refractivity (Wildman–Crippen MR) is 79.8 cm³/mol. The van der Waals surface area contributed by atoms with Gasteiger partial charge in [0.2, 0.25) is 0 Å². The summed E-state index contributed by atoms with van der Waals surface area (Å²) in [5.74, 6) is 0.381. The van der Waals surface area contributed by atoms with Crippen LogP contribution in [0.2, 0.25) is 0 Å². The second-order valence-electron chi connectivity index (χ2n) is 4.79. The Morgan fingerprint density at radius 1 is 1.20 bits per heavy atom. The molecule has 1 saturated heterocycles. The number of amides is 1. The fraction of sp³-hybridized carbons (Fsp3) is 0.467. The van der Waals surface area contributed by atoms with Crippen LogP contribution in [-0.4, -0.2) is 42.7 Å². The number of hydrogen-bond acceptors (Lipinski definition) is 4. The van der Waals surface area contributed by atoms with Gasteiger partial charge in [0, 0.05) is 18.8 Å². The molecule has 1 fully saturated rings. The van der Waals surface area contributed by atoms with Crippen LogP contribution in [0, 0.1) is 0 Å². The molecule has 1 aromatic carbocycles. The zero-order valence-corrected chi connectivity index (χ0v) is 12.4. The van der Waals surface area contributed by atoms with Crippen LogP contribution in [0.5, 0.6) is 0 Å². The lowest BCUT2D eigenvalue weighted by atomic mass is 10.1. The molecule has 4 nitrogen and oxygen atoms in total. The van der Waals surface area contributed by atoms with Crippen molar-refractivity contribution in [2.24, 2.45) is 0 Å². The molecule has 1 aliphatic rings. The number of thioether (sulfide) groups is 1. The molecule has 0 spiro atoms. The number of ether oxygens (including phenoxy) is 1. The Morgan fingerprint density at radius 2 is 1.85 bits per heavy atom. The maximum Gasteiger partial charge on any atom is 0.338 e. The fourth-order valence-electron chi connectivity index (χ4n) is 2.17. The number of hydrogen-bond donors (Lipinski definition) is 0. The van der Waals surface area contributed by atoms with Crippen molar-refractivity contribution in [1.29, 1.82) is 0 Å². The fourth-order valence-corrected chi connectivity index (χ4v) is 2.70. The van der Waals surface area contributed by atoms with E-state index in [0.29, 0.717) is 5.56 Å². The standard InChI is InChI=1S/C15H19NO3S/c1-20-11-12-4-6-13(7-5-12)15(18)19-10-14(17)16-8-2-3-9-16/h4-7H,2-3,8-11H2,1H3. The SMILES string of the molecule is CSCc1ccc(C(=O)OCC(=O)N2CCCC2)cc1. The number of likely N-dealkylation sites (tertiary alicyclic amines) is 1. The van der Waals surface area contributed by atoms with E-state index in [1.807, 2.05) is 18.4 Å². The van der Waals surface area contributed by atoms with Crippen LogP contribution in [0.4, 0.5) is 0 Å². The highest BCUT2D eigenvalue weighted by molar-refractivity contribution is 7.97. The zero-order valence-electron chi connectivity index (χ0n) is 11.6. The summed E-state index contributed by atoms with van der Waals surface area (Å²) >= 11 is 1.73. The molecular weight excluding hydrogens is 274 g/mol. The van der Waals surface area contributed by atoms with Crippen LogP contribution < -0.4 is 0 Å². The molecule has 1 aliphatic heterocycles. The van der Waals surface area contributed by atoms with Gasteiger partial charge in [0.05, 0.1) is 5.56 Å². The van der Waals surface area contributed by atoms with Crippen molar-refractivity contribution in [1.82, 2.24) is 4.90 Å². The zero-order chi connectivity index (χ0) is 14.4. The normalized spacial score (nSPS) is 14.3. The van der Waals surface area contributed by atoms with E-state index >= 15 is 0 Å². The van der Waals surface area contributed by atoms with Gasteiger partial charge < -0.3 is 9.64 Å². The molecule has 5 heteroatoms. The number of rotatable bonds is 5. The molecule has 0 radical (unpaired) electrons. The number of nitrogens with zero attached hydrogens (tertiary/aromatic N) is 1. The van der Waals surface area contributed by atoms with Crippen molar-refractivity contribution in [3.8, 4) is 0 Å². The van der Waals surface area contributed by atoms with Gasteiger partial charge in [-0.2, -0.15) is 11.8 Å². The molecule has 0 aromatic heterocycles. The van der Waals surface area contributed by atoms with Gasteiger partial charge in [0.15, 0.2) is 6.61 Å². The minimum atomic E-state index is -0.437.